The Labute approximate surface area is 117 Å². The van der Waals surface area contributed by atoms with Gasteiger partial charge in [0, 0.05) is 19.2 Å². The quantitative estimate of drug-likeness (QED) is 0.929. The van der Waals surface area contributed by atoms with Gasteiger partial charge in [0.15, 0.2) is 0 Å². The van der Waals surface area contributed by atoms with Crippen molar-refractivity contribution in [3.05, 3.63) is 24.3 Å². The number of carbonyl (C=O) groups is 1. The minimum atomic E-state index is -0.678. The van der Waals surface area contributed by atoms with E-state index in [9.17, 15) is 9.90 Å². The number of aromatic nitrogens is 3. The lowest BCUT2D eigenvalue weighted by Gasteiger charge is -2.23. The summed E-state index contributed by atoms with van der Waals surface area (Å²) in [5.41, 5.74) is 1.26. The first-order chi connectivity index (χ1) is 9.66. The fraction of sp³-hybridized carbons (Fsp3) is 0.533. The van der Waals surface area contributed by atoms with Crippen LogP contribution in [0.4, 0.5) is 0 Å². The summed E-state index contributed by atoms with van der Waals surface area (Å²) >= 11 is 0. The molecular formula is C15H19N3O2. The largest absolute Gasteiger partial charge is 0.481 e. The van der Waals surface area contributed by atoms with E-state index in [-0.39, 0.29) is 0 Å². The molecule has 1 aliphatic carbocycles. The third-order valence-corrected chi connectivity index (χ3v) is 4.46. The number of nitrogens with zero attached hydrogens (tertiary/aromatic N) is 3. The Kier molecular flexibility index (Phi) is 3.20. The molecule has 5 nitrogen and oxygen atoms in total. The van der Waals surface area contributed by atoms with Gasteiger partial charge in [0.25, 0.3) is 0 Å². The predicted molar refractivity (Wildman–Crippen MR) is 75.4 cm³/mol. The minimum Gasteiger partial charge on any atom is -0.481 e. The van der Waals surface area contributed by atoms with Crippen molar-refractivity contribution in [2.24, 2.45) is 5.41 Å². The monoisotopic (exact) mass is 273 g/mol. The maximum Gasteiger partial charge on any atom is 0.310 e. The third-order valence-electron chi connectivity index (χ3n) is 4.46. The molecule has 0 unspecified atom stereocenters. The van der Waals surface area contributed by atoms with Crippen molar-refractivity contribution in [3.63, 3.8) is 0 Å². The van der Waals surface area contributed by atoms with Crippen LogP contribution in [0.5, 0.6) is 0 Å². The summed E-state index contributed by atoms with van der Waals surface area (Å²) in [6.45, 7) is 2.86. The molecule has 1 N–H and O–H groups in total. The van der Waals surface area contributed by atoms with Gasteiger partial charge in [0.2, 0.25) is 0 Å². The van der Waals surface area contributed by atoms with Gasteiger partial charge in [-0.25, -0.2) is 4.98 Å². The van der Waals surface area contributed by atoms with E-state index in [4.69, 9.17) is 0 Å². The Bertz CT molecular complexity index is 642. The van der Waals surface area contributed by atoms with Crippen molar-refractivity contribution < 1.29 is 9.90 Å². The SMILES string of the molecule is CCn1c(CC2(C(=O)O)CCCC2)nc2cnccc21. The zero-order valence-corrected chi connectivity index (χ0v) is 11.7. The van der Waals surface area contributed by atoms with Crippen molar-refractivity contribution in [1.82, 2.24) is 14.5 Å². The Hall–Kier alpha value is -1.91. The first-order valence-corrected chi connectivity index (χ1v) is 7.19. The van der Waals surface area contributed by atoms with Crippen LogP contribution >= 0.6 is 0 Å². The van der Waals surface area contributed by atoms with Gasteiger partial charge in [0.05, 0.1) is 17.1 Å². The summed E-state index contributed by atoms with van der Waals surface area (Å²) in [7, 11) is 0. The summed E-state index contributed by atoms with van der Waals surface area (Å²) in [4.78, 5) is 20.4. The van der Waals surface area contributed by atoms with Crippen LogP contribution in [0.15, 0.2) is 18.5 Å². The van der Waals surface area contributed by atoms with Gasteiger partial charge in [-0.3, -0.25) is 9.78 Å². The molecule has 1 aliphatic rings. The molecule has 0 radical (unpaired) electrons. The number of carboxylic acids is 1. The van der Waals surface area contributed by atoms with Gasteiger partial charge in [-0.2, -0.15) is 0 Å². The van der Waals surface area contributed by atoms with E-state index in [1.807, 2.05) is 6.07 Å². The number of aryl methyl sites for hydroxylation is 1. The highest BCUT2D eigenvalue weighted by molar-refractivity contribution is 5.77. The molecule has 3 rings (SSSR count). The number of fused-ring (bicyclic) bond motifs is 1. The summed E-state index contributed by atoms with van der Waals surface area (Å²) in [6, 6.07) is 1.94. The fourth-order valence-corrected chi connectivity index (χ4v) is 3.34. The number of hydrogen-bond acceptors (Lipinski definition) is 3. The van der Waals surface area contributed by atoms with Gasteiger partial charge in [0.1, 0.15) is 11.3 Å². The molecule has 106 valence electrons. The van der Waals surface area contributed by atoms with Gasteiger partial charge in [-0.15, -0.1) is 0 Å². The molecule has 0 spiro atoms. The van der Waals surface area contributed by atoms with Crippen LogP contribution in [0.1, 0.15) is 38.4 Å². The van der Waals surface area contributed by atoms with Crippen LogP contribution < -0.4 is 0 Å². The van der Waals surface area contributed by atoms with E-state index in [1.165, 1.54) is 0 Å². The summed E-state index contributed by atoms with van der Waals surface area (Å²) in [5, 5.41) is 9.61. The molecule has 0 amide bonds. The second kappa shape index (κ2) is 4.89. The Morgan fingerprint density at radius 1 is 1.45 bits per heavy atom. The standard InChI is InChI=1S/C15H19N3O2/c1-2-18-12-5-8-16-10-11(12)17-13(18)9-15(14(19)20)6-3-4-7-15/h5,8,10H,2-4,6-7,9H2,1H3,(H,19,20). The maximum absolute atomic E-state index is 11.7. The van der Waals surface area contributed by atoms with Crippen LogP contribution in [0, 0.1) is 5.41 Å². The highest BCUT2D eigenvalue weighted by Gasteiger charge is 2.42. The molecule has 1 fully saturated rings. The predicted octanol–water partition coefficient (Wildman–Crippen LogP) is 2.64. The number of pyridine rings is 1. The van der Waals surface area contributed by atoms with Gasteiger partial charge < -0.3 is 9.67 Å². The molecule has 0 atom stereocenters. The van der Waals surface area contributed by atoms with Crippen molar-refractivity contribution >= 4 is 17.0 Å². The lowest BCUT2D eigenvalue weighted by Crippen LogP contribution is -2.31. The maximum atomic E-state index is 11.7. The van der Waals surface area contributed by atoms with Gasteiger partial charge in [-0.05, 0) is 25.8 Å². The van der Waals surface area contributed by atoms with Crippen LogP contribution in [0.25, 0.3) is 11.0 Å². The third kappa shape index (κ3) is 1.97. The van der Waals surface area contributed by atoms with Gasteiger partial charge in [-0.1, -0.05) is 12.8 Å². The molecule has 0 bridgehead atoms. The molecule has 2 heterocycles. The molecule has 1 saturated carbocycles. The van der Waals surface area contributed by atoms with Crippen molar-refractivity contribution in [3.8, 4) is 0 Å². The summed E-state index contributed by atoms with van der Waals surface area (Å²) in [6.07, 6.45) is 7.53. The molecule has 0 saturated heterocycles. The number of rotatable bonds is 4. The second-order valence-electron chi connectivity index (χ2n) is 5.61. The first-order valence-electron chi connectivity index (χ1n) is 7.19. The van der Waals surface area contributed by atoms with Crippen molar-refractivity contribution in [1.29, 1.82) is 0 Å². The van der Waals surface area contributed by atoms with Crippen LogP contribution in [-0.2, 0) is 17.8 Å². The van der Waals surface area contributed by atoms with E-state index in [1.54, 1.807) is 12.4 Å². The smallest absolute Gasteiger partial charge is 0.310 e. The van der Waals surface area contributed by atoms with Crippen LogP contribution in [0.2, 0.25) is 0 Å². The number of imidazole rings is 1. The molecule has 0 aromatic carbocycles. The molecule has 20 heavy (non-hydrogen) atoms. The number of aliphatic carboxylic acids is 1. The average Bonchev–Trinajstić information content (AvgIpc) is 3.03. The summed E-state index contributed by atoms with van der Waals surface area (Å²) < 4.78 is 2.11. The minimum absolute atomic E-state index is 0.519. The highest BCUT2D eigenvalue weighted by atomic mass is 16.4. The Morgan fingerprint density at radius 2 is 2.20 bits per heavy atom. The topological polar surface area (TPSA) is 68.0 Å². The zero-order valence-electron chi connectivity index (χ0n) is 11.7. The molecule has 5 heteroatoms. The molecular weight excluding hydrogens is 254 g/mol. The molecule has 2 aromatic heterocycles. The second-order valence-corrected chi connectivity index (χ2v) is 5.61. The van der Waals surface area contributed by atoms with Crippen molar-refractivity contribution in [2.75, 3.05) is 0 Å². The number of hydrogen-bond donors (Lipinski definition) is 1. The van der Waals surface area contributed by atoms with Gasteiger partial charge >= 0.3 is 5.97 Å². The zero-order chi connectivity index (χ0) is 14.2. The molecule has 0 aliphatic heterocycles. The van der Waals surface area contributed by atoms with Crippen LogP contribution in [0.3, 0.4) is 0 Å². The normalized spacial score (nSPS) is 17.6. The first kappa shape index (κ1) is 13.1. The van der Waals surface area contributed by atoms with E-state index >= 15 is 0 Å². The van der Waals surface area contributed by atoms with Crippen molar-refractivity contribution in [2.45, 2.75) is 45.6 Å². The van der Waals surface area contributed by atoms with E-state index in [0.29, 0.717) is 6.42 Å². The highest BCUT2D eigenvalue weighted by Crippen LogP contribution is 2.41. The average molecular weight is 273 g/mol. The lowest BCUT2D eigenvalue weighted by molar-refractivity contribution is -0.148. The number of carboxylic acid groups (broad SMARTS) is 1. The molecule has 2 aromatic rings. The fourth-order valence-electron chi connectivity index (χ4n) is 3.34. The summed E-state index contributed by atoms with van der Waals surface area (Å²) in [5.74, 6) is 0.197. The Morgan fingerprint density at radius 3 is 2.85 bits per heavy atom. The van der Waals surface area contributed by atoms with E-state index in [0.717, 1.165) is 49.1 Å². The van der Waals surface area contributed by atoms with E-state index in [2.05, 4.69) is 21.5 Å². The Balaban J connectivity index is 2.03. The van der Waals surface area contributed by atoms with Crippen LogP contribution in [-0.4, -0.2) is 25.6 Å². The lowest BCUT2D eigenvalue weighted by atomic mass is 9.82. The van der Waals surface area contributed by atoms with E-state index < -0.39 is 11.4 Å².